The molecule has 1 saturated heterocycles. The van der Waals surface area contributed by atoms with Crippen molar-refractivity contribution in [2.24, 2.45) is 5.73 Å². The van der Waals surface area contributed by atoms with Gasteiger partial charge in [-0.25, -0.2) is 0 Å². The second-order valence-corrected chi connectivity index (χ2v) is 4.94. The van der Waals surface area contributed by atoms with Gasteiger partial charge in [0.15, 0.2) is 0 Å². The third-order valence-corrected chi connectivity index (χ3v) is 3.24. The monoisotopic (exact) mass is 200 g/mol. The van der Waals surface area contributed by atoms with E-state index in [-0.39, 0.29) is 12.1 Å². The summed E-state index contributed by atoms with van der Waals surface area (Å²) in [6, 6.07) is 0.744. The van der Waals surface area contributed by atoms with E-state index in [1.54, 1.807) is 0 Å². The van der Waals surface area contributed by atoms with Crippen LogP contribution in [-0.2, 0) is 0 Å². The minimum Gasteiger partial charge on any atom is -0.394 e. The highest BCUT2D eigenvalue weighted by Crippen LogP contribution is 2.18. The first kappa shape index (κ1) is 12.0. The molecule has 3 N–H and O–H groups in total. The van der Waals surface area contributed by atoms with Crippen molar-refractivity contribution in [3.63, 3.8) is 0 Å². The Kier molecular flexibility index (Phi) is 4.35. The normalized spacial score (nSPS) is 27.9. The van der Waals surface area contributed by atoms with Crippen LogP contribution in [0, 0.1) is 0 Å². The molecule has 0 bridgehead atoms. The van der Waals surface area contributed by atoms with E-state index in [2.05, 4.69) is 11.8 Å². The van der Waals surface area contributed by atoms with E-state index in [1.165, 1.54) is 19.4 Å². The number of rotatable bonds is 5. The van der Waals surface area contributed by atoms with Crippen molar-refractivity contribution in [1.29, 1.82) is 0 Å². The standard InChI is InChI=1S/C11H24N2O/c1-10-5-3-7-13(10)8-4-6-11(2,12)9-14/h10,14H,3-9,12H2,1-2H3. The van der Waals surface area contributed by atoms with Crippen LogP contribution in [-0.4, -0.2) is 41.3 Å². The van der Waals surface area contributed by atoms with E-state index in [4.69, 9.17) is 10.8 Å². The van der Waals surface area contributed by atoms with Gasteiger partial charge < -0.3 is 15.7 Å². The molecule has 14 heavy (non-hydrogen) atoms. The second-order valence-electron chi connectivity index (χ2n) is 4.94. The van der Waals surface area contributed by atoms with Crippen LogP contribution in [0.1, 0.15) is 39.5 Å². The predicted octanol–water partition coefficient (Wildman–Crippen LogP) is 0.961. The lowest BCUT2D eigenvalue weighted by molar-refractivity contribution is 0.186. The molecule has 0 aliphatic carbocycles. The predicted molar refractivity (Wildman–Crippen MR) is 59.2 cm³/mol. The zero-order valence-electron chi connectivity index (χ0n) is 9.50. The summed E-state index contributed by atoms with van der Waals surface area (Å²) in [4.78, 5) is 2.52. The van der Waals surface area contributed by atoms with Crippen LogP contribution in [0.3, 0.4) is 0 Å². The SMILES string of the molecule is CC1CCCN1CCCC(C)(N)CO. The van der Waals surface area contributed by atoms with Gasteiger partial charge in [0.25, 0.3) is 0 Å². The number of hydrogen-bond acceptors (Lipinski definition) is 3. The summed E-state index contributed by atoms with van der Waals surface area (Å²) < 4.78 is 0. The molecule has 0 saturated carbocycles. The molecule has 1 heterocycles. The smallest absolute Gasteiger partial charge is 0.0608 e. The van der Waals surface area contributed by atoms with Gasteiger partial charge in [0.1, 0.15) is 0 Å². The third-order valence-electron chi connectivity index (χ3n) is 3.24. The topological polar surface area (TPSA) is 49.5 Å². The fourth-order valence-corrected chi connectivity index (χ4v) is 2.09. The lowest BCUT2D eigenvalue weighted by Gasteiger charge is -2.25. The molecule has 3 heteroatoms. The minimum absolute atomic E-state index is 0.0859. The van der Waals surface area contributed by atoms with Crippen molar-refractivity contribution in [3.8, 4) is 0 Å². The Labute approximate surface area is 87.3 Å². The summed E-state index contributed by atoms with van der Waals surface area (Å²) in [7, 11) is 0. The summed E-state index contributed by atoms with van der Waals surface area (Å²) >= 11 is 0. The number of nitrogens with zero attached hydrogens (tertiary/aromatic N) is 1. The zero-order chi connectivity index (χ0) is 10.6. The molecule has 0 spiro atoms. The number of likely N-dealkylation sites (tertiary alicyclic amines) is 1. The Hall–Kier alpha value is -0.120. The average Bonchev–Trinajstić information content (AvgIpc) is 2.52. The summed E-state index contributed by atoms with van der Waals surface area (Å²) in [5.41, 5.74) is 5.48. The molecule has 1 aliphatic rings. The number of aliphatic hydroxyl groups is 1. The maximum Gasteiger partial charge on any atom is 0.0608 e. The molecule has 1 fully saturated rings. The molecule has 1 rings (SSSR count). The molecule has 0 aromatic heterocycles. The molecule has 0 amide bonds. The number of hydrogen-bond donors (Lipinski definition) is 2. The Morgan fingerprint density at radius 1 is 1.57 bits per heavy atom. The minimum atomic E-state index is -0.386. The van der Waals surface area contributed by atoms with E-state index in [9.17, 15) is 0 Å². The second kappa shape index (κ2) is 5.10. The molecule has 0 aromatic carbocycles. The maximum absolute atomic E-state index is 9.00. The van der Waals surface area contributed by atoms with Crippen LogP contribution < -0.4 is 5.73 Å². The highest BCUT2D eigenvalue weighted by Gasteiger charge is 2.21. The maximum atomic E-state index is 9.00. The highest BCUT2D eigenvalue weighted by atomic mass is 16.3. The highest BCUT2D eigenvalue weighted by molar-refractivity contribution is 4.80. The van der Waals surface area contributed by atoms with Crippen molar-refractivity contribution >= 4 is 0 Å². The third kappa shape index (κ3) is 3.56. The number of aliphatic hydroxyl groups excluding tert-OH is 1. The van der Waals surface area contributed by atoms with Crippen LogP contribution in [0.15, 0.2) is 0 Å². The average molecular weight is 200 g/mol. The van der Waals surface area contributed by atoms with Gasteiger partial charge in [0, 0.05) is 11.6 Å². The van der Waals surface area contributed by atoms with Crippen LogP contribution >= 0.6 is 0 Å². The summed E-state index contributed by atoms with van der Waals surface area (Å²) in [6.45, 7) is 6.67. The van der Waals surface area contributed by atoms with Crippen molar-refractivity contribution in [3.05, 3.63) is 0 Å². The first-order chi connectivity index (χ1) is 6.55. The summed E-state index contributed by atoms with van der Waals surface area (Å²) in [5, 5.41) is 9.00. The Balaban J connectivity index is 2.15. The Bertz CT molecular complexity index is 171. The fraction of sp³-hybridized carbons (Fsp3) is 1.00. The van der Waals surface area contributed by atoms with Crippen molar-refractivity contribution < 1.29 is 5.11 Å². The van der Waals surface area contributed by atoms with Gasteiger partial charge in [0.05, 0.1) is 6.61 Å². The van der Waals surface area contributed by atoms with Gasteiger partial charge >= 0.3 is 0 Å². The van der Waals surface area contributed by atoms with Gasteiger partial charge in [-0.1, -0.05) is 0 Å². The van der Waals surface area contributed by atoms with E-state index >= 15 is 0 Å². The molecule has 2 atom stereocenters. The Morgan fingerprint density at radius 3 is 2.79 bits per heavy atom. The molecule has 84 valence electrons. The van der Waals surface area contributed by atoms with E-state index in [1.807, 2.05) is 6.92 Å². The van der Waals surface area contributed by atoms with Crippen LogP contribution in [0.2, 0.25) is 0 Å². The first-order valence-corrected chi connectivity index (χ1v) is 5.69. The van der Waals surface area contributed by atoms with Crippen molar-refractivity contribution in [2.75, 3.05) is 19.7 Å². The molecule has 0 radical (unpaired) electrons. The van der Waals surface area contributed by atoms with Gasteiger partial charge in [0.2, 0.25) is 0 Å². The van der Waals surface area contributed by atoms with Crippen LogP contribution in [0.5, 0.6) is 0 Å². The fourth-order valence-electron chi connectivity index (χ4n) is 2.09. The van der Waals surface area contributed by atoms with Gasteiger partial charge in [-0.15, -0.1) is 0 Å². The molecule has 0 aromatic rings. The quantitative estimate of drug-likeness (QED) is 0.695. The first-order valence-electron chi connectivity index (χ1n) is 5.69. The molecule has 3 nitrogen and oxygen atoms in total. The van der Waals surface area contributed by atoms with Gasteiger partial charge in [-0.3, -0.25) is 0 Å². The molecular weight excluding hydrogens is 176 g/mol. The number of nitrogens with two attached hydrogens (primary N) is 1. The lowest BCUT2D eigenvalue weighted by atomic mass is 9.98. The largest absolute Gasteiger partial charge is 0.394 e. The summed E-state index contributed by atoms with van der Waals surface area (Å²) in [6.07, 6.45) is 4.67. The molecule has 1 aliphatic heterocycles. The molecular formula is C11H24N2O. The van der Waals surface area contributed by atoms with E-state index in [0.29, 0.717) is 0 Å². The van der Waals surface area contributed by atoms with Crippen molar-refractivity contribution in [2.45, 2.75) is 51.1 Å². The van der Waals surface area contributed by atoms with E-state index < -0.39 is 0 Å². The van der Waals surface area contributed by atoms with Gasteiger partial charge in [-0.05, 0) is 52.6 Å². The zero-order valence-corrected chi connectivity index (χ0v) is 9.50. The lowest BCUT2D eigenvalue weighted by Crippen LogP contribution is -2.41. The van der Waals surface area contributed by atoms with Crippen molar-refractivity contribution in [1.82, 2.24) is 4.90 Å². The van der Waals surface area contributed by atoms with Gasteiger partial charge in [-0.2, -0.15) is 0 Å². The Morgan fingerprint density at radius 2 is 2.29 bits per heavy atom. The molecule has 2 unspecified atom stereocenters. The van der Waals surface area contributed by atoms with Crippen LogP contribution in [0.4, 0.5) is 0 Å². The van der Waals surface area contributed by atoms with E-state index in [0.717, 1.165) is 25.4 Å². The summed E-state index contributed by atoms with van der Waals surface area (Å²) in [5.74, 6) is 0. The van der Waals surface area contributed by atoms with Crippen LogP contribution in [0.25, 0.3) is 0 Å².